The van der Waals surface area contributed by atoms with Gasteiger partial charge in [0.1, 0.15) is 6.10 Å². The fraction of sp³-hybridized carbons (Fsp3) is 0.667. The van der Waals surface area contributed by atoms with E-state index in [1.807, 2.05) is 19.3 Å². The quantitative estimate of drug-likeness (QED) is 0.724. The molecule has 2 rings (SSSR count). The molecule has 1 aliphatic rings. The Morgan fingerprint density at radius 2 is 2.62 bits per heavy atom. The van der Waals surface area contributed by atoms with Gasteiger partial charge in [0.25, 0.3) is 0 Å². The lowest BCUT2D eigenvalue weighted by molar-refractivity contribution is 0.159. The maximum absolute atomic E-state index is 5.68. The van der Waals surface area contributed by atoms with E-state index in [1.54, 1.807) is 4.68 Å². The Kier molecular flexibility index (Phi) is 2.49. The van der Waals surface area contributed by atoms with Gasteiger partial charge in [0.15, 0.2) is 0 Å². The Hall–Kier alpha value is -1.03. The van der Waals surface area contributed by atoms with Crippen molar-refractivity contribution in [2.75, 3.05) is 13.1 Å². The third-order valence-electron chi connectivity index (χ3n) is 2.23. The summed E-state index contributed by atoms with van der Waals surface area (Å²) in [6, 6.07) is 1.90. The van der Waals surface area contributed by atoms with Crippen molar-refractivity contribution in [3.8, 4) is 5.88 Å². The van der Waals surface area contributed by atoms with Crippen molar-refractivity contribution in [3.05, 3.63) is 12.3 Å². The van der Waals surface area contributed by atoms with Crippen LogP contribution in [0.15, 0.2) is 12.3 Å². The van der Waals surface area contributed by atoms with Crippen LogP contribution in [-0.2, 0) is 7.05 Å². The van der Waals surface area contributed by atoms with Crippen LogP contribution in [0.3, 0.4) is 0 Å². The van der Waals surface area contributed by atoms with Crippen LogP contribution in [0.25, 0.3) is 0 Å². The molecule has 1 N–H and O–H groups in total. The molecule has 1 aromatic rings. The zero-order valence-corrected chi connectivity index (χ0v) is 7.86. The van der Waals surface area contributed by atoms with Crippen molar-refractivity contribution in [1.82, 2.24) is 15.1 Å². The van der Waals surface area contributed by atoms with E-state index in [0.717, 1.165) is 25.4 Å². The van der Waals surface area contributed by atoms with Crippen LogP contribution in [0.4, 0.5) is 0 Å². The smallest absolute Gasteiger partial charge is 0.233 e. The van der Waals surface area contributed by atoms with Crippen molar-refractivity contribution >= 4 is 0 Å². The van der Waals surface area contributed by atoms with Crippen LogP contribution in [0.5, 0.6) is 5.88 Å². The Balaban J connectivity index is 1.89. The lowest BCUT2D eigenvalue weighted by Crippen LogP contribution is -2.37. The number of hydrogen-bond donors (Lipinski definition) is 1. The molecule has 1 saturated heterocycles. The Morgan fingerprint density at radius 1 is 1.69 bits per heavy atom. The zero-order chi connectivity index (χ0) is 9.10. The van der Waals surface area contributed by atoms with E-state index < -0.39 is 0 Å². The molecule has 2 heterocycles. The summed E-state index contributed by atoms with van der Waals surface area (Å²) in [4.78, 5) is 0. The number of piperidine rings is 1. The van der Waals surface area contributed by atoms with Crippen molar-refractivity contribution in [1.29, 1.82) is 0 Å². The summed E-state index contributed by atoms with van der Waals surface area (Å²) in [5, 5.41) is 7.47. The average molecular weight is 181 g/mol. The van der Waals surface area contributed by atoms with Gasteiger partial charge in [-0.3, -0.25) is 4.68 Å². The summed E-state index contributed by atoms with van der Waals surface area (Å²) in [7, 11) is 1.89. The molecule has 0 spiro atoms. The van der Waals surface area contributed by atoms with E-state index in [-0.39, 0.29) is 0 Å². The van der Waals surface area contributed by atoms with E-state index in [9.17, 15) is 0 Å². The van der Waals surface area contributed by atoms with Gasteiger partial charge >= 0.3 is 0 Å². The van der Waals surface area contributed by atoms with E-state index in [0.29, 0.717) is 6.10 Å². The molecule has 1 fully saturated rings. The highest BCUT2D eigenvalue weighted by atomic mass is 16.5. The minimum atomic E-state index is 0.295. The lowest BCUT2D eigenvalue weighted by Gasteiger charge is -2.22. The number of ether oxygens (including phenoxy) is 1. The first kappa shape index (κ1) is 8.56. The van der Waals surface area contributed by atoms with Crippen LogP contribution in [0.2, 0.25) is 0 Å². The predicted octanol–water partition coefficient (Wildman–Crippen LogP) is 0.551. The first-order valence-electron chi connectivity index (χ1n) is 4.71. The minimum Gasteiger partial charge on any atom is -0.472 e. The second-order valence-electron chi connectivity index (χ2n) is 3.41. The fourth-order valence-corrected chi connectivity index (χ4v) is 1.55. The third kappa shape index (κ3) is 2.21. The van der Waals surface area contributed by atoms with Crippen molar-refractivity contribution < 1.29 is 4.74 Å². The molecule has 0 aromatic carbocycles. The van der Waals surface area contributed by atoms with Gasteiger partial charge in [-0.1, -0.05) is 0 Å². The largest absolute Gasteiger partial charge is 0.472 e. The van der Waals surface area contributed by atoms with Gasteiger partial charge in [0, 0.05) is 25.9 Å². The minimum absolute atomic E-state index is 0.295. The highest BCUT2D eigenvalue weighted by molar-refractivity contribution is 5.06. The molecule has 0 radical (unpaired) electrons. The summed E-state index contributed by atoms with van der Waals surface area (Å²) in [6.45, 7) is 2.05. The number of nitrogens with zero attached hydrogens (tertiary/aromatic N) is 2. The molecule has 1 atom stereocenters. The lowest BCUT2D eigenvalue weighted by atomic mass is 10.1. The van der Waals surface area contributed by atoms with Gasteiger partial charge in [-0.25, -0.2) is 0 Å². The van der Waals surface area contributed by atoms with Gasteiger partial charge in [-0.15, -0.1) is 5.10 Å². The number of hydrogen-bond acceptors (Lipinski definition) is 3. The maximum Gasteiger partial charge on any atom is 0.233 e. The summed E-state index contributed by atoms with van der Waals surface area (Å²) >= 11 is 0. The van der Waals surface area contributed by atoms with Crippen molar-refractivity contribution in [2.45, 2.75) is 18.9 Å². The molecule has 0 saturated carbocycles. The van der Waals surface area contributed by atoms with Gasteiger partial charge in [-0.05, 0) is 19.4 Å². The first-order chi connectivity index (χ1) is 6.34. The molecule has 1 aromatic heterocycles. The summed E-state index contributed by atoms with van der Waals surface area (Å²) in [5.41, 5.74) is 0. The first-order valence-corrected chi connectivity index (χ1v) is 4.71. The van der Waals surface area contributed by atoms with E-state index in [1.165, 1.54) is 6.42 Å². The maximum atomic E-state index is 5.68. The summed E-state index contributed by atoms with van der Waals surface area (Å²) < 4.78 is 7.44. The molecule has 4 heteroatoms. The zero-order valence-electron chi connectivity index (χ0n) is 7.86. The summed E-state index contributed by atoms with van der Waals surface area (Å²) in [5.74, 6) is 0.733. The molecule has 1 unspecified atom stereocenters. The standard InChI is InChI=1S/C9H15N3O/c1-12-6-4-9(11-12)13-8-3-2-5-10-7-8/h4,6,8,10H,2-3,5,7H2,1H3. The van der Waals surface area contributed by atoms with Crippen LogP contribution in [-0.4, -0.2) is 29.0 Å². The fourth-order valence-electron chi connectivity index (χ4n) is 1.55. The third-order valence-corrected chi connectivity index (χ3v) is 2.23. The van der Waals surface area contributed by atoms with Gasteiger partial charge < -0.3 is 10.1 Å². The molecule has 0 bridgehead atoms. The van der Waals surface area contributed by atoms with Gasteiger partial charge in [-0.2, -0.15) is 0 Å². The van der Waals surface area contributed by atoms with Crippen molar-refractivity contribution in [3.63, 3.8) is 0 Å². The molecule has 4 nitrogen and oxygen atoms in total. The van der Waals surface area contributed by atoms with Gasteiger partial charge in [0.05, 0.1) is 0 Å². The molecule has 0 amide bonds. The molecular weight excluding hydrogens is 166 g/mol. The van der Waals surface area contributed by atoms with E-state index >= 15 is 0 Å². The normalized spacial score (nSPS) is 23.0. The number of rotatable bonds is 2. The Morgan fingerprint density at radius 3 is 3.23 bits per heavy atom. The Bertz CT molecular complexity index is 266. The van der Waals surface area contributed by atoms with E-state index in [4.69, 9.17) is 4.74 Å². The number of aryl methyl sites for hydroxylation is 1. The molecule has 13 heavy (non-hydrogen) atoms. The van der Waals surface area contributed by atoms with Crippen LogP contribution >= 0.6 is 0 Å². The molecule has 0 aliphatic carbocycles. The van der Waals surface area contributed by atoms with Crippen LogP contribution in [0.1, 0.15) is 12.8 Å². The highest BCUT2D eigenvalue weighted by Gasteiger charge is 2.14. The van der Waals surface area contributed by atoms with Crippen molar-refractivity contribution in [2.24, 2.45) is 7.05 Å². The Labute approximate surface area is 77.9 Å². The highest BCUT2D eigenvalue weighted by Crippen LogP contribution is 2.12. The predicted molar refractivity (Wildman–Crippen MR) is 49.7 cm³/mol. The van der Waals surface area contributed by atoms with Crippen LogP contribution < -0.4 is 10.1 Å². The monoisotopic (exact) mass is 181 g/mol. The molecule has 72 valence electrons. The molecule has 1 aliphatic heterocycles. The van der Waals surface area contributed by atoms with Gasteiger partial charge in [0.2, 0.25) is 5.88 Å². The summed E-state index contributed by atoms with van der Waals surface area (Å²) in [6.07, 6.45) is 4.51. The average Bonchev–Trinajstić information content (AvgIpc) is 2.53. The number of aromatic nitrogens is 2. The molecular formula is C9H15N3O. The second-order valence-corrected chi connectivity index (χ2v) is 3.41. The second kappa shape index (κ2) is 3.79. The topological polar surface area (TPSA) is 39.1 Å². The van der Waals surface area contributed by atoms with E-state index in [2.05, 4.69) is 10.4 Å². The van der Waals surface area contributed by atoms with Crippen LogP contribution in [0, 0.1) is 0 Å². The SMILES string of the molecule is Cn1ccc(OC2CCCNC2)n1. The number of nitrogens with one attached hydrogen (secondary N) is 1.